The van der Waals surface area contributed by atoms with Gasteiger partial charge in [0.2, 0.25) is 0 Å². The van der Waals surface area contributed by atoms with Crippen LogP contribution in [-0.4, -0.2) is 37.8 Å². The molecule has 0 atom stereocenters. The van der Waals surface area contributed by atoms with Crippen molar-refractivity contribution < 1.29 is 23.2 Å². The summed E-state index contributed by atoms with van der Waals surface area (Å²) in [4.78, 5) is 0. The molecule has 0 aromatic rings. The highest BCUT2D eigenvalue weighted by Gasteiger charge is 2.55. The van der Waals surface area contributed by atoms with Gasteiger partial charge in [0.1, 0.15) is 5.73 Å². The predicted molar refractivity (Wildman–Crippen MR) is 84.0 cm³/mol. The van der Waals surface area contributed by atoms with E-state index < -0.39 is 24.6 Å². The maximum Gasteiger partial charge on any atom is 0.524 e. The molecule has 0 N–H and O–H groups in total. The van der Waals surface area contributed by atoms with Crippen LogP contribution in [0.3, 0.4) is 0 Å². The summed E-state index contributed by atoms with van der Waals surface area (Å²) >= 11 is 0. The molecular weight excluding hydrogens is 286 g/mol. The summed E-state index contributed by atoms with van der Waals surface area (Å²) in [6.45, 7) is 12.6. The van der Waals surface area contributed by atoms with E-state index in [1.165, 1.54) is 0 Å². The van der Waals surface area contributed by atoms with Crippen molar-refractivity contribution in [1.29, 1.82) is 0 Å². The summed E-state index contributed by atoms with van der Waals surface area (Å²) in [5, 5.41) is 0. The van der Waals surface area contributed by atoms with Gasteiger partial charge in [0.15, 0.2) is 6.29 Å². The second kappa shape index (κ2) is 6.23. The topological polar surface area (TPSA) is 36.9 Å². The Balaban J connectivity index is 2.12. The summed E-state index contributed by atoms with van der Waals surface area (Å²) in [5.41, 5.74) is -1.86. The minimum Gasteiger partial charge on any atom is -0.398 e. The van der Waals surface area contributed by atoms with Gasteiger partial charge >= 0.3 is 7.12 Å². The Morgan fingerprint density at radius 1 is 1.09 bits per heavy atom. The molecular formula is C16H28BFO4. The van der Waals surface area contributed by atoms with Crippen molar-refractivity contribution >= 4 is 7.12 Å². The van der Waals surface area contributed by atoms with E-state index in [2.05, 4.69) is 0 Å². The molecule has 1 saturated carbocycles. The zero-order valence-electron chi connectivity index (χ0n) is 14.6. The molecule has 2 rings (SSSR count). The smallest absolute Gasteiger partial charge is 0.398 e. The predicted octanol–water partition coefficient (Wildman–Crippen LogP) is 3.65. The molecule has 2 aliphatic rings. The van der Waals surface area contributed by atoms with Crippen LogP contribution >= 0.6 is 0 Å². The Hall–Kier alpha value is -0.425. The fourth-order valence-electron chi connectivity index (χ4n) is 2.57. The normalized spacial score (nSPS) is 25.8. The lowest BCUT2D eigenvalue weighted by molar-refractivity contribution is -0.165. The second-order valence-corrected chi connectivity index (χ2v) is 7.09. The fourth-order valence-corrected chi connectivity index (χ4v) is 2.57. The Bertz CT molecular complexity index is 410. The lowest BCUT2D eigenvalue weighted by Gasteiger charge is -2.32. The molecule has 0 unspecified atom stereocenters. The minimum absolute atomic E-state index is 0.388. The summed E-state index contributed by atoms with van der Waals surface area (Å²) in [7, 11) is -0.952. The largest absolute Gasteiger partial charge is 0.524 e. The van der Waals surface area contributed by atoms with Gasteiger partial charge in [-0.2, -0.15) is 0 Å². The van der Waals surface area contributed by atoms with Gasteiger partial charge in [0, 0.05) is 18.6 Å². The third-order valence-corrected chi connectivity index (χ3v) is 4.84. The lowest BCUT2D eigenvalue weighted by atomic mass is 9.85. The maximum atomic E-state index is 14.7. The van der Waals surface area contributed by atoms with Crippen molar-refractivity contribution in [1.82, 2.24) is 0 Å². The highest BCUT2D eigenvalue weighted by molar-refractivity contribution is 6.53. The van der Waals surface area contributed by atoms with Crippen molar-refractivity contribution in [3.63, 3.8) is 0 Å². The van der Waals surface area contributed by atoms with Crippen LogP contribution in [0.15, 0.2) is 11.8 Å². The molecule has 0 bridgehead atoms. The van der Waals surface area contributed by atoms with E-state index in [-0.39, 0.29) is 11.1 Å². The molecule has 0 aromatic heterocycles. The number of hydrogen-bond donors (Lipinski definition) is 0. The van der Waals surface area contributed by atoms with Crippen LogP contribution in [-0.2, 0) is 18.8 Å². The third kappa shape index (κ3) is 3.40. The van der Waals surface area contributed by atoms with E-state index >= 15 is 0 Å². The minimum atomic E-state index is -0.952. The Kier molecular flexibility index (Phi) is 5.07. The molecule has 1 aliphatic heterocycles. The molecule has 1 heterocycles. The molecule has 0 aromatic carbocycles. The first-order chi connectivity index (χ1) is 10.2. The fraction of sp³-hybridized carbons (Fsp3) is 0.875. The van der Waals surface area contributed by atoms with Crippen LogP contribution in [0.25, 0.3) is 0 Å². The van der Waals surface area contributed by atoms with E-state index in [0.717, 1.165) is 12.8 Å². The average molecular weight is 314 g/mol. The molecule has 2 fully saturated rings. The van der Waals surface area contributed by atoms with Crippen LogP contribution in [0.1, 0.15) is 54.4 Å². The highest BCUT2D eigenvalue weighted by Crippen LogP contribution is 2.53. The SMILES string of the molecule is CCOC(OCC)C1(C=C(F)B2OC(C)(C)C(C)(C)O2)CC1. The van der Waals surface area contributed by atoms with Crippen molar-refractivity contribution in [2.45, 2.75) is 71.9 Å². The first-order valence-corrected chi connectivity index (χ1v) is 8.14. The Morgan fingerprint density at radius 2 is 1.55 bits per heavy atom. The monoisotopic (exact) mass is 314 g/mol. The van der Waals surface area contributed by atoms with E-state index in [1.807, 2.05) is 41.5 Å². The van der Waals surface area contributed by atoms with Gasteiger partial charge in [0.05, 0.1) is 11.2 Å². The standard InChI is InChI=1S/C16H28BFO4/c1-7-19-13(20-8-2)16(9-10-16)11-12(18)17-21-14(3,4)15(5,6)22-17/h11,13H,7-10H2,1-6H3. The lowest BCUT2D eigenvalue weighted by Crippen LogP contribution is -2.41. The first-order valence-electron chi connectivity index (χ1n) is 8.14. The van der Waals surface area contributed by atoms with E-state index in [0.29, 0.717) is 13.2 Å². The molecule has 126 valence electrons. The second-order valence-electron chi connectivity index (χ2n) is 7.09. The van der Waals surface area contributed by atoms with Gasteiger partial charge in [-0.05, 0) is 60.5 Å². The summed E-state index contributed by atoms with van der Waals surface area (Å²) in [6, 6.07) is 0. The van der Waals surface area contributed by atoms with Gasteiger partial charge < -0.3 is 18.8 Å². The summed E-state index contributed by atoms with van der Waals surface area (Å²) in [5.74, 6) is 0. The van der Waals surface area contributed by atoms with Gasteiger partial charge in [-0.1, -0.05) is 0 Å². The molecule has 4 nitrogen and oxygen atoms in total. The number of rotatable bonds is 7. The first kappa shape index (κ1) is 17.9. The molecule has 0 amide bonds. The van der Waals surface area contributed by atoms with Crippen molar-refractivity contribution in [2.24, 2.45) is 5.41 Å². The van der Waals surface area contributed by atoms with Crippen LogP contribution < -0.4 is 0 Å². The van der Waals surface area contributed by atoms with Crippen molar-refractivity contribution in [2.75, 3.05) is 13.2 Å². The summed E-state index contributed by atoms with van der Waals surface area (Å²) in [6.07, 6.45) is 2.89. The van der Waals surface area contributed by atoms with Crippen LogP contribution in [0, 0.1) is 5.41 Å². The Morgan fingerprint density at radius 3 is 1.91 bits per heavy atom. The van der Waals surface area contributed by atoms with Gasteiger partial charge in [-0.25, -0.2) is 4.39 Å². The molecule has 0 spiro atoms. The molecule has 1 aliphatic carbocycles. The van der Waals surface area contributed by atoms with Gasteiger partial charge in [-0.15, -0.1) is 0 Å². The van der Waals surface area contributed by atoms with Crippen LogP contribution in [0.2, 0.25) is 0 Å². The van der Waals surface area contributed by atoms with Crippen LogP contribution in [0.4, 0.5) is 4.39 Å². The zero-order valence-corrected chi connectivity index (χ0v) is 14.6. The molecule has 1 saturated heterocycles. The van der Waals surface area contributed by atoms with E-state index in [9.17, 15) is 4.39 Å². The Labute approximate surface area is 133 Å². The van der Waals surface area contributed by atoms with Crippen molar-refractivity contribution in [3.05, 3.63) is 11.8 Å². The maximum absolute atomic E-state index is 14.7. The summed E-state index contributed by atoms with van der Waals surface area (Å²) < 4.78 is 37.5. The van der Waals surface area contributed by atoms with E-state index in [1.54, 1.807) is 6.08 Å². The quantitative estimate of drug-likeness (QED) is 0.531. The number of halogens is 1. The number of hydrogen-bond acceptors (Lipinski definition) is 4. The van der Waals surface area contributed by atoms with E-state index in [4.69, 9.17) is 18.8 Å². The molecule has 22 heavy (non-hydrogen) atoms. The van der Waals surface area contributed by atoms with Crippen LogP contribution in [0.5, 0.6) is 0 Å². The third-order valence-electron chi connectivity index (χ3n) is 4.84. The average Bonchev–Trinajstić information content (AvgIpc) is 3.13. The van der Waals surface area contributed by atoms with Gasteiger partial charge in [0.25, 0.3) is 0 Å². The molecule has 0 radical (unpaired) electrons. The zero-order chi connectivity index (χ0) is 16.6. The molecule has 6 heteroatoms. The number of ether oxygens (including phenoxy) is 2. The highest BCUT2D eigenvalue weighted by atomic mass is 19.1. The van der Waals surface area contributed by atoms with Crippen molar-refractivity contribution in [3.8, 4) is 0 Å². The van der Waals surface area contributed by atoms with Gasteiger partial charge in [-0.3, -0.25) is 0 Å².